The van der Waals surface area contributed by atoms with Gasteiger partial charge in [-0.2, -0.15) is 0 Å². The maximum Gasteiger partial charge on any atom is 0.154 e. The quantitative estimate of drug-likeness (QED) is 0.510. The lowest BCUT2D eigenvalue weighted by Gasteiger charge is -2.14. The Morgan fingerprint density at radius 2 is 1.91 bits per heavy atom. The van der Waals surface area contributed by atoms with Crippen LogP contribution in [0.15, 0.2) is 0 Å². The van der Waals surface area contributed by atoms with Crippen LogP contribution in [0.25, 0.3) is 0 Å². The number of hydrogen-bond acceptors (Lipinski definition) is 2. The minimum Gasteiger partial charge on any atom is -0.353 e. The van der Waals surface area contributed by atoms with Gasteiger partial charge in [-0.15, -0.1) is 0 Å². The van der Waals surface area contributed by atoms with Crippen molar-refractivity contribution in [2.24, 2.45) is 5.92 Å². The summed E-state index contributed by atoms with van der Waals surface area (Å²) in [6.07, 6.45) is -0.0681. The maximum atomic E-state index is 5.38. The molecule has 0 aliphatic heterocycles. The molecule has 2 atom stereocenters. The Morgan fingerprint density at radius 3 is 2.36 bits per heavy atom. The van der Waals surface area contributed by atoms with Crippen LogP contribution in [-0.2, 0) is 9.47 Å². The van der Waals surface area contributed by atoms with E-state index in [9.17, 15) is 0 Å². The molecule has 0 bridgehead atoms. The van der Waals surface area contributed by atoms with Crippen LogP contribution in [0.2, 0.25) is 0 Å². The maximum absolute atomic E-state index is 5.38. The molecular formula is C8H17BrO2. The average Bonchev–Trinajstić information content (AvgIpc) is 2.01. The molecular weight excluding hydrogens is 208 g/mol. The van der Waals surface area contributed by atoms with Crippen LogP contribution in [-0.4, -0.2) is 24.8 Å². The van der Waals surface area contributed by atoms with Gasteiger partial charge in [-0.3, -0.25) is 0 Å². The van der Waals surface area contributed by atoms with Gasteiger partial charge >= 0.3 is 0 Å². The third kappa shape index (κ3) is 6.78. The summed E-state index contributed by atoms with van der Waals surface area (Å²) in [5.74, 6) is 0.554. The van der Waals surface area contributed by atoms with Gasteiger partial charge in [-0.1, -0.05) is 22.9 Å². The second-order valence-electron chi connectivity index (χ2n) is 2.62. The third-order valence-corrected chi connectivity index (χ3v) is 2.39. The van der Waals surface area contributed by atoms with Crippen LogP contribution in [0.1, 0.15) is 20.8 Å². The van der Waals surface area contributed by atoms with Gasteiger partial charge in [-0.25, -0.2) is 0 Å². The van der Waals surface area contributed by atoms with E-state index in [4.69, 9.17) is 9.47 Å². The van der Waals surface area contributed by atoms with Crippen LogP contribution in [0, 0.1) is 5.92 Å². The SMILES string of the molecule is CCO[C@H](C)OCC(C)CBr. The normalized spacial score (nSPS) is 16.4. The predicted octanol–water partition coefficient (Wildman–Crippen LogP) is 2.42. The molecule has 0 aliphatic rings. The van der Waals surface area contributed by atoms with E-state index < -0.39 is 0 Å². The smallest absolute Gasteiger partial charge is 0.154 e. The van der Waals surface area contributed by atoms with E-state index in [0.717, 1.165) is 11.9 Å². The van der Waals surface area contributed by atoms with Crippen molar-refractivity contribution in [3.63, 3.8) is 0 Å². The molecule has 0 fully saturated rings. The molecule has 3 heteroatoms. The van der Waals surface area contributed by atoms with Gasteiger partial charge in [0.15, 0.2) is 6.29 Å². The molecule has 0 aromatic carbocycles. The van der Waals surface area contributed by atoms with Gasteiger partial charge in [0.2, 0.25) is 0 Å². The highest BCUT2D eigenvalue weighted by Gasteiger charge is 2.03. The summed E-state index contributed by atoms with van der Waals surface area (Å²) in [6, 6.07) is 0. The fourth-order valence-electron chi connectivity index (χ4n) is 0.627. The zero-order valence-electron chi connectivity index (χ0n) is 7.47. The van der Waals surface area contributed by atoms with Gasteiger partial charge in [0.25, 0.3) is 0 Å². The molecule has 0 rings (SSSR count). The van der Waals surface area contributed by atoms with E-state index in [1.54, 1.807) is 0 Å². The first-order valence-electron chi connectivity index (χ1n) is 3.99. The van der Waals surface area contributed by atoms with Gasteiger partial charge < -0.3 is 9.47 Å². The van der Waals surface area contributed by atoms with Crippen LogP contribution in [0.5, 0.6) is 0 Å². The molecule has 0 amide bonds. The molecule has 11 heavy (non-hydrogen) atoms. The first kappa shape index (κ1) is 11.4. The molecule has 1 unspecified atom stereocenters. The minimum atomic E-state index is -0.0681. The molecule has 68 valence electrons. The van der Waals surface area contributed by atoms with Crippen LogP contribution in [0.3, 0.4) is 0 Å². The Kier molecular flexibility index (Phi) is 7.33. The van der Waals surface area contributed by atoms with E-state index in [-0.39, 0.29) is 6.29 Å². The summed E-state index contributed by atoms with van der Waals surface area (Å²) in [5.41, 5.74) is 0. The van der Waals surface area contributed by atoms with Crippen LogP contribution < -0.4 is 0 Å². The zero-order valence-corrected chi connectivity index (χ0v) is 9.06. The van der Waals surface area contributed by atoms with E-state index in [1.807, 2.05) is 13.8 Å². The van der Waals surface area contributed by atoms with Crippen molar-refractivity contribution < 1.29 is 9.47 Å². The molecule has 0 radical (unpaired) electrons. The molecule has 0 saturated heterocycles. The lowest BCUT2D eigenvalue weighted by atomic mass is 10.2. The van der Waals surface area contributed by atoms with Crippen LogP contribution in [0.4, 0.5) is 0 Å². The van der Waals surface area contributed by atoms with Crippen molar-refractivity contribution in [3.8, 4) is 0 Å². The minimum absolute atomic E-state index is 0.0681. The summed E-state index contributed by atoms with van der Waals surface area (Å²) in [5, 5.41) is 0.978. The van der Waals surface area contributed by atoms with Crippen molar-refractivity contribution in [1.29, 1.82) is 0 Å². The van der Waals surface area contributed by atoms with E-state index >= 15 is 0 Å². The van der Waals surface area contributed by atoms with Gasteiger partial charge in [0.05, 0.1) is 6.61 Å². The highest BCUT2D eigenvalue weighted by Crippen LogP contribution is 2.03. The fourth-order valence-corrected chi connectivity index (χ4v) is 0.814. The second kappa shape index (κ2) is 7.07. The Balaban J connectivity index is 3.22. The van der Waals surface area contributed by atoms with Crippen molar-refractivity contribution in [2.45, 2.75) is 27.1 Å². The Bertz CT molecular complexity index is 88.2. The molecule has 0 saturated carbocycles. The number of hydrogen-bond donors (Lipinski definition) is 0. The molecule has 0 aromatic rings. The fraction of sp³-hybridized carbons (Fsp3) is 1.00. The Morgan fingerprint density at radius 1 is 1.27 bits per heavy atom. The van der Waals surface area contributed by atoms with Gasteiger partial charge in [0, 0.05) is 11.9 Å². The van der Waals surface area contributed by atoms with E-state index in [1.165, 1.54) is 0 Å². The van der Waals surface area contributed by atoms with E-state index in [2.05, 4.69) is 22.9 Å². The zero-order chi connectivity index (χ0) is 8.69. The van der Waals surface area contributed by atoms with Gasteiger partial charge in [0.1, 0.15) is 0 Å². The summed E-state index contributed by atoms with van der Waals surface area (Å²) < 4.78 is 10.6. The number of ether oxygens (including phenoxy) is 2. The number of alkyl halides is 1. The number of rotatable bonds is 6. The first-order valence-corrected chi connectivity index (χ1v) is 5.12. The molecule has 0 N–H and O–H groups in total. The standard InChI is InChI=1S/C8H17BrO2/c1-4-10-8(3)11-6-7(2)5-9/h7-8H,4-6H2,1-3H3/t7?,8-/m0/s1. The highest BCUT2D eigenvalue weighted by atomic mass is 79.9. The second-order valence-corrected chi connectivity index (χ2v) is 3.26. The monoisotopic (exact) mass is 224 g/mol. The van der Waals surface area contributed by atoms with Crippen molar-refractivity contribution >= 4 is 15.9 Å². The summed E-state index contributed by atoms with van der Waals surface area (Å²) in [6.45, 7) is 7.49. The Labute approximate surface area is 77.4 Å². The third-order valence-electron chi connectivity index (χ3n) is 1.28. The highest BCUT2D eigenvalue weighted by molar-refractivity contribution is 9.09. The molecule has 0 aromatic heterocycles. The lowest BCUT2D eigenvalue weighted by molar-refractivity contribution is -0.132. The molecule has 0 heterocycles. The van der Waals surface area contributed by atoms with Crippen molar-refractivity contribution in [1.82, 2.24) is 0 Å². The van der Waals surface area contributed by atoms with Crippen molar-refractivity contribution in [2.75, 3.05) is 18.5 Å². The van der Waals surface area contributed by atoms with Gasteiger partial charge in [-0.05, 0) is 19.8 Å². The molecule has 0 spiro atoms. The van der Waals surface area contributed by atoms with E-state index in [0.29, 0.717) is 12.5 Å². The number of halogens is 1. The van der Waals surface area contributed by atoms with Crippen molar-refractivity contribution in [3.05, 3.63) is 0 Å². The summed E-state index contributed by atoms with van der Waals surface area (Å²) >= 11 is 3.38. The lowest BCUT2D eigenvalue weighted by Crippen LogP contribution is -2.17. The molecule has 2 nitrogen and oxygen atoms in total. The average molecular weight is 225 g/mol. The largest absolute Gasteiger partial charge is 0.353 e. The summed E-state index contributed by atoms with van der Waals surface area (Å²) in [7, 11) is 0. The summed E-state index contributed by atoms with van der Waals surface area (Å²) in [4.78, 5) is 0. The van der Waals surface area contributed by atoms with Crippen LogP contribution >= 0.6 is 15.9 Å². The first-order chi connectivity index (χ1) is 5.20. The predicted molar refractivity (Wildman–Crippen MR) is 50.0 cm³/mol. The molecule has 0 aliphatic carbocycles. The topological polar surface area (TPSA) is 18.5 Å². The Hall–Kier alpha value is 0.400.